The van der Waals surface area contributed by atoms with Crippen molar-refractivity contribution in [2.75, 3.05) is 7.11 Å². The smallest absolute Gasteiger partial charge is 0.341 e. The van der Waals surface area contributed by atoms with E-state index in [9.17, 15) is 14.0 Å². The lowest BCUT2D eigenvalue weighted by Gasteiger charge is -2.29. The van der Waals surface area contributed by atoms with Crippen molar-refractivity contribution in [3.8, 4) is 11.1 Å². The van der Waals surface area contributed by atoms with E-state index in [1.807, 2.05) is 58.0 Å². The molecule has 1 unspecified atom stereocenters. The lowest BCUT2D eigenvalue weighted by atomic mass is 9.95. The zero-order valence-corrected chi connectivity index (χ0v) is 22.5. The second kappa shape index (κ2) is 10.1. The molecule has 37 heavy (non-hydrogen) atoms. The Bertz CT molecular complexity index is 1530. The number of fused-ring (bicyclic) bond motifs is 1. The maximum atomic E-state index is 14.1. The second-order valence-corrected chi connectivity index (χ2v) is 10.5. The highest BCUT2D eigenvalue weighted by atomic mass is 35.5. The number of esters is 1. The van der Waals surface area contributed by atoms with Crippen molar-refractivity contribution in [1.82, 2.24) is 9.13 Å². The maximum Gasteiger partial charge on any atom is 0.341 e. The zero-order chi connectivity index (χ0) is 27.1. The van der Waals surface area contributed by atoms with Crippen LogP contribution in [0.4, 0.5) is 4.39 Å². The summed E-state index contributed by atoms with van der Waals surface area (Å²) < 4.78 is 28.6. The number of pyridine rings is 1. The monoisotopic (exact) mass is 524 g/mol. The van der Waals surface area contributed by atoms with E-state index in [4.69, 9.17) is 21.1 Å². The highest BCUT2D eigenvalue weighted by molar-refractivity contribution is 6.30. The number of ether oxygens (including phenoxy) is 2. The van der Waals surface area contributed by atoms with Gasteiger partial charge in [-0.3, -0.25) is 4.79 Å². The fourth-order valence-corrected chi connectivity index (χ4v) is 4.58. The zero-order valence-electron chi connectivity index (χ0n) is 21.8. The molecule has 0 radical (unpaired) electrons. The van der Waals surface area contributed by atoms with Gasteiger partial charge in [0.15, 0.2) is 6.10 Å². The van der Waals surface area contributed by atoms with Crippen molar-refractivity contribution in [2.24, 2.45) is 7.05 Å². The third kappa shape index (κ3) is 5.33. The van der Waals surface area contributed by atoms with Crippen molar-refractivity contribution in [2.45, 2.75) is 45.9 Å². The fourth-order valence-electron chi connectivity index (χ4n) is 4.46. The molecular weight excluding hydrogens is 495 g/mol. The molecule has 0 aliphatic heterocycles. The molecule has 194 valence electrons. The van der Waals surface area contributed by atoms with Crippen molar-refractivity contribution in [3.05, 3.63) is 92.7 Å². The molecule has 1 atom stereocenters. The van der Waals surface area contributed by atoms with Gasteiger partial charge in [0.2, 0.25) is 0 Å². The first-order valence-electron chi connectivity index (χ1n) is 11.9. The van der Waals surface area contributed by atoms with Crippen LogP contribution in [0.25, 0.3) is 22.0 Å². The van der Waals surface area contributed by atoms with E-state index in [1.165, 1.54) is 23.8 Å². The predicted molar refractivity (Wildman–Crippen MR) is 143 cm³/mol. The first kappa shape index (κ1) is 26.6. The van der Waals surface area contributed by atoms with Gasteiger partial charge in [0.25, 0.3) is 5.56 Å². The Balaban J connectivity index is 2.03. The van der Waals surface area contributed by atoms with Crippen LogP contribution < -0.4 is 5.56 Å². The number of hydrogen-bond acceptors (Lipinski definition) is 4. The molecule has 0 saturated heterocycles. The fraction of sp³-hybridized carbons (Fsp3) is 0.310. The molecule has 0 aliphatic carbocycles. The number of benzene rings is 2. The van der Waals surface area contributed by atoms with Crippen LogP contribution in [-0.2, 0) is 27.9 Å². The van der Waals surface area contributed by atoms with Gasteiger partial charge in [0.05, 0.1) is 23.4 Å². The summed E-state index contributed by atoms with van der Waals surface area (Å²) in [6, 6.07) is 14.3. The summed E-state index contributed by atoms with van der Waals surface area (Å²) >= 11 is 5.85. The molecule has 4 rings (SSSR count). The van der Waals surface area contributed by atoms with E-state index in [0.717, 1.165) is 11.1 Å². The first-order valence-corrected chi connectivity index (χ1v) is 12.3. The number of aromatic nitrogens is 2. The lowest BCUT2D eigenvalue weighted by molar-refractivity contribution is -0.165. The largest absolute Gasteiger partial charge is 0.467 e. The number of carbonyl (C=O) groups excluding carboxylic acids is 1. The minimum atomic E-state index is -1.14. The number of hydrogen-bond donors (Lipinski definition) is 0. The molecule has 0 spiro atoms. The van der Waals surface area contributed by atoms with Crippen LogP contribution in [0.5, 0.6) is 0 Å². The molecule has 8 heteroatoms. The number of nitrogens with zero attached hydrogens (tertiary/aromatic N) is 2. The minimum Gasteiger partial charge on any atom is -0.467 e. The molecule has 4 aromatic rings. The Morgan fingerprint density at radius 2 is 1.78 bits per heavy atom. The number of methoxy groups -OCH3 is 1. The Hall–Kier alpha value is -3.42. The molecule has 2 aromatic carbocycles. The third-order valence-corrected chi connectivity index (χ3v) is 6.48. The SMILES string of the molecule is COC(=O)C(OC(C)(C)C)c1c(-c2ccc(C)cc2)c2ccn(Cc3ccc(Cl)c(F)c3)c2c(=O)n1C. The standard InChI is InChI=1S/C29H30ClFN2O4/c1-17-7-10-19(11-8-17)23-20-13-14-33(16-18-9-12-21(30)22(31)15-18)24(20)27(34)32(5)25(23)26(28(35)36-6)37-29(2,3)4/h7-15,26H,16H2,1-6H3. The van der Waals surface area contributed by atoms with Crippen LogP contribution in [0.2, 0.25) is 5.02 Å². The Labute approximate surface area is 220 Å². The van der Waals surface area contributed by atoms with E-state index in [2.05, 4.69) is 0 Å². The van der Waals surface area contributed by atoms with Crippen LogP contribution in [0.15, 0.2) is 59.5 Å². The molecule has 0 saturated carbocycles. The molecule has 0 bridgehead atoms. The summed E-state index contributed by atoms with van der Waals surface area (Å²) in [5.74, 6) is -1.12. The molecular formula is C29H30ClFN2O4. The molecule has 0 fully saturated rings. The number of carbonyl (C=O) groups is 1. The normalized spacial score (nSPS) is 12.6. The highest BCUT2D eigenvalue weighted by Crippen LogP contribution is 2.37. The second-order valence-electron chi connectivity index (χ2n) is 10.1. The van der Waals surface area contributed by atoms with Crippen LogP contribution in [0.3, 0.4) is 0 Å². The van der Waals surface area contributed by atoms with Crippen LogP contribution >= 0.6 is 11.6 Å². The van der Waals surface area contributed by atoms with Gasteiger partial charge in [0, 0.05) is 30.7 Å². The highest BCUT2D eigenvalue weighted by Gasteiger charge is 2.34. The van der Waals surface area contributed by atoms with Gasteiger partial charge >= 0.3 is 5.97 Å². The summed E-state index contributed by atoms with van der Waals surface area (Å²) in [6.07, 6.45) is 0.648. The maximum absolute atomic E-state index is 14.1. The van der Waals surface area contributed by atoms with E-state index >= 15 is 0 Å². The summed E-state index contributed by atoms with van der Waals surface area (Å²) in [6.45, 7) is 7.77. The predicted octanol–water partition coefficient (Wildman–Crippen LogP) is 6.19. The summed E-state index contributed by atoms with van der Waals surface area (Å²) in [5, 5.41) is 0.693. The van der Waals surface area contributed by atoms with Gasteiger partial charge in [-0.2, -0.15) is 0 Å². The van der Waals surface area contributed by atoms with Crippen molar-refractivity contribution >= 4 is 28.5 Å². The summed E-state index contributed by atoms with van der Waals surface area (Å²) in [7, 11) is 2.92. The Kier molecular flexibility index (Phi) is 7.31. The quantitative estimate of drug-likeness (QED) is 0.282. The number of halogens is 2. The van der Waals surface area contributed by atoms with Gasteiger partial charge in [-0.05, 0) is 57.0 Å². The topological polar surface area (TPSA) is 62.5 Å². The van der Waals surface area contributed by atoms with Crippen LogP contribution in [0, 0.1) is 12.7 Å². The van der Waals surface area contributed by atoms with Gasteiger partial charge in [-0.15, -0.1) is 0 Å². The van der Waals surface area contributed by atoms with Crippen LogP contribution in [-0.4, -0.2) is 27.8 Å². The van der Waals surface area contributed by atoms with E-state index in [-0.39, 0.29) is 17.1 Å². The first-order chi connectivity index (χ1) is 17.4. The lowest BCUT2D eigenvalue weighted by Crippen LogP contribution is -2.33. The summed E-state index contributed by atoms with van der Waals surface area (Å²) in [4.78, 5) is 26.8. The Morgan fingerprint density at radius 3 is 2.38 bits per heavy atom. The Morgan fingerprint density at radius 1 is 1.11 bits per heavy atom. The van der Waals surface area contributed by atoms with Gasteiger partial charge < -0.3 is 18.6 Å². The van der Waals surface area contributed by atoms with E-state index < -0.39 is 23.5 Å². The van der Waals surface area contributed by atoms with Crippen molar-refractivity contribution in [3.63, 3.8) is 0 Å². The molecule has 6 nitrogen and oxygen atoms in total. The van der Waals surface area contributed by atoms with Crippen molar-refractivity contribution in [1.29, 1.82) is 0 Å². The minimum absolute atomic E-state index is 0.0380. The average molecular weight is 525 g/mol. The molecule has 2 heterocycles. The third-order valence-electron chi connectivity index (χ3n) is 6.17. The van der Waals surface area contributed by atoms with Gasteiger partial charge in [-0.1, -0.05) is 47.5 Å². The molecule has 0 aliphatic rings. The van der Waals surface area contributed by atoms with E-state index in [0.29, 0.717) is 27.7 Å². The number of aryl methyl sites for hydroxylation is 1. The molecule has 0 amide bonds. The van der Waals surface area contributed by atoms with Crippen molar-refractivity contribution < 1.29 is 18.7 Å². The average Bonchev–Trinajstić information content (AvgIpc) is 3.25. The van der Waals surface area contributed by atoms with Gasteiger partial charge in [0.1, 0.15) is 11.3 Å². The van der Waals surface area contributed by atoms with E-state index in [1.54, 1.807) is 23.9 Å². The van der Waals surface area contributed by atoms with Crippen LogP contribution in [0.1, 0.15) is 43.7 Å². The number of rotatable bonds is 6. The van der Waals surface area contributed by atoms with Gasteiger partial charge in [-0.25, -0.2) is 9.18 Å². The molecule has 0 N–H and O–H groups in total. The summed E-state index contributed by atoms with van der Waals surface area (Å²) in [5.41, 5.74) is 3.07. The molecule has 2 aromatic heterocycles.